The Hall–Kier alpha value is -1.81. The van der Waals surface area contributed by atoms with Crippen LogP contribution in [0.1, 0.15) is 29.5 Å². The van der Waals surface area contributed by atoms with Crippen LogP contribution in [0, 0.1) is 13.8 Å². The first-order chi connectivity index (χ1) is 9.02. The molecular formula is C15H17NO3. The predicted octanol–water partition coefficient (Wildman–Crippen LogP) is 2.23. The smallest absolute Gasteiger partial charge is 0.336 e. The summed E-state index contributed by atoms with van der Waals surface area (Å²) in [6, 6.07) is 3.59. The van der Waals surface area contributed by atoms with Gasteiger partial charge >= 0.3 is 5.63 Å². The van der Waals surface area contributed by atoms with Crippen molar-refractivity contribution < 1.29 is 9.15 Å². The number of rotatable bonds is 1. The minimum absolute atomic E-state index is 0.00228. The average Bonchev–Trinajstić information content (AvgIpc) is 2.69. The van der Waals surface area contributed by atoms with E-state index in [1.54, 1.807) is 0 Å². The lowest BCUT2D eigenvalue weighted by atomic mass is 9.93. The van der Waals surface area contributed by atoms with Gasteiger partial charge in [0.2, 0.25) is 0 Å². The first-order valence-electron chi connectivity index (χ1n) is 6.47. The highest BCUT2D eigenvalue weighted by Gasteiger charge is 2.32. The van der Waals surface area contributed by atoms with E-state index in [0.29, 0.717) is 12.1 Å². The fraction of sp³-hybridized carbons (Fsp3) is 0.400. The van der Waals surface area contributed by atoms with Crippen molar-refractivity contribution in [1.29, 1.82) is 0 Å². The Morgan fingerprint density at radius 2 is 2.05 bits per heavy atom. The highest BCUT2D eigenvalue weighted by molar-refractivity contribution is 5.86. The summed E-state index contributed by atoms with van der Waals surface area (Å²) >= 11 is 0. The number of nitrogens with two attached hydrogens (primary N) is 1. The summed E-state index contributed by atoms with van der Waals surface area (Å²) in [6.45, 7) is 6.44. The third-order valence-corrected chi connectivity index (χ3v) is 4.00. The van der Waals surface area contributed by atoms with E-state index in [9.17, 15) is 4.79 Å². The van der Waals surface area contributed by atoms with Gasteiger partial charge in [-0.25, -0.2) is 4.79 Å². The maximum absolute atomic E-state index is 11.5. The first kappa shape index (κ1) is 12.2. The number of benzene rings is 1. The molecule has 100 valence electrons. The van der Waals surface area contributed by atoms with Crippen LogP contribution in [0.3, 0.4) is 0 Å². The van der Waals surface area contributed by atoms with Crippen LogP contribution in [-0.2, 0) is 0 Å². The van der Waals surface area contributed by atoms with Crippen molar-refractivity contribution in [3.05, 3.63) is 39.2 Å². The van der Waals surface area contributed by atoms with Crippen LogP contribution >= 0.6 is 0 Å². The van der Waals surface area contributed by atoms with Gasteiger partial charge in [0.15, 0.2) is 0 Å². The molecule has 2 atom stereocenters. The Morgan fingerprint density at radius 3 is 2.74 bits per heavy atom. The molecule has 0 bridgehead atoms. The minimum Gasteiger partial charge on any atom is -0.488 e. The molecule has 1 aromatic carbocycles. The van der Waals surface area contributed by atoms with E-state index < -0.39 is 0 Å². The van der Waals surface area contributed by atoms with Gasteiger partial charge in [-0.1, -0.05) is 6.92 Å². The Morgan fingerprint density at radius 1 is 1.32 bits per heavy atom. The molecule has 2 heterocycles. The largest absolute Gasteiger partial charge is 0.488 e. The Bertz CT molecular complexity index is 717. The second-order valence-corrected chi connectivity index (χ2v) is 5.23. The van der Waals surface area contributed by atoms with E-state index in [0.717, 1.165) is 27.8 Å². The average molecular weight is 259 g/mol. The predicted molar refractivity (Wildman–Crippen MR) is 73.8 cm³/mol. The zero-order chi connectivity index (χ0) is 13.7. The van der Waals surface area contributed by atoms with Gasteiger partial charge in [-0.3, -0.25) is 0 Å². The van der Waals surface area contributed by atoms with Gasteiger partial charge < -0.3 is 14.9 Å². The van der Waals surface area contributed by atoms with Crippen LogP contribution in [0.5, 0.6) is 5.75 Å². The number of hydrogen-bond acceptors (Lipinski definition) is 4. The molecule has 0 radical (unpaired) electrons. The highest BCUT2D eigenvalue weighted by Crippen LogP contribution is 2.43. The first-order valence-corrected chi connectivity index (χ1v) is 6.47. The molecule has 2 N–H and O–H groups in total. The molecule has 1 aliphatic rings. The number of fused-ring (bicyclic) bond motifs is 2. The lowest BCUT2D eigenvalue weighted by Gasteiger charge is -2.11. The number of hydrogen-bond donors (Lipinski definition) is 1. The normalized spacial score (nSPS) is 21.5. The summed E-state index contributed by atoms with van der Waals surface area (Å²) in [5, 5.41) is 0.976. The van der Waals surface area contributed by atoms with Crippen molar-refractivity contribution in [3.63, 3.8) is 0 Å². The molecule has 3 rings (SSSR count). The Balaban J connectivity index is 2.35. The number of aryl methyl sites for hydroxylation is 2. The summed E-state index contributed by atoms with van der Waals surface area (Å²) in [4.78, 5) is 11.5. The highest BCUT2D eigenvalue weighted by atomic mass is 16.5. The van der Waals surface area contributed by atoms with Crippen LogP contribution < -0.4 is 16.1 Å². The van der Waals surface area contributed by atoms with Crippen molar-refractivity contribution in [1.82, 2.24) is 0 Å². The molecule has 1 aromatic heterocycles. The fourth-order valence-electron chi connectivity index (χ4n) is 2.82. The van der Waals surface area contributed by atoms with Gasteiger partial charge in [-0.2, -0.15) is 0 Å². The number of ether oxygens (including phenoxy) is 1. The summed E-state index contributed by atoms with van der Waals surface area (Å²) in [5.41, 5.74) is 9.00. The fourth-order valence-corrected chi connectivity index (χ4v) is 2.82. The van der Waals surface area contributed by atoms with Crippen molar-refractivity contribution in [2.24, 2.45) is 5.73 Å². The summed E-state index contributed by atoms with van der Waals surface area (Å²) in [5.74, 6) is 1.08. The molecule has 0 aliphatic carbocycles. The quantitative estimate of drug-likeness (QED) is 0.798. The maximum atomic E-state index is 11.5. The van der Waals surface area contributed by atoms with E-state index in [4.69, 9.17) is 14.9 Å². The van der Waals surface area contributed by atoms with E-state index in [-0.39, 0.29) is 17.6 Å². The van der Waals surface area contributed by atoms with Gasteiger partial charge in [0.05, 0.1) is 0 Å². The Kier molecular flexibility index (Phi) is 2.64. The zero-order valence-corrected chi connectivity index (χ0v) is 11.3. The van der Waals surface area contributed by atoms with Crippen LogP contribution in [0.25, 0.3) is 11.0 Å². The molecule has 1 aliphatic heterocycles. The van der Waals surface area contributed by atoms with Gasteiger partial charge in [0, 0.05) is 35.0 Å². The van der Waals surface area contributed by atoms with Crippen molar-refractivity contribution in [3.8, 4) is 5.75 Å². The lowest BCUT2D eigenvalue weighted by molar-refractivity contribution is 0.218. The topological polar surface area (TPSA) is 65.5 Å². The van der Waals surface area contributed by atoms with Crippen molar-refractivity contribution in [2.45, 2.75) is 32.8 Å². The van der Waals surface area contributed by atoms with Gasteiger partial charge in [0.1, 0.15) is 17.4 Å². The molecule has 2 aromatic rings. The third-order valence-electron chi connectivity index (χ3n) is 4.00. The molecule has 2 unspecified atom stereocenters. The standard InChI is InChI=1S/C15H17NO3/c1-7-4-13(17)19-14-9(3)15-11(5-10(7)14)8(2)12(6-16)18-15/h4-5,8,12H,6,16H2,1-3H3. The monoisotopic (exact) mass is 259 g/mol. The molecule has 0 fully saturated rings. The van der Waals surface area contributed by atoms with Crippen LogP contribution in [-0.4, -0.2) is 12.6 Å². The molecule has 4 nitrogen and oxygen atoms in total. The molecular weight excluding hydrogens is 242 g/mol. The second kappa shape index (κ2) is 4.10. The molecule has 0 amide bonds. The van der Waals surface area contributed by atoms with E-state index in [2.05, 4.69) is 13.0 Å². The summed E-state index contributed by atoms with van der Waals surface area (Å²) in [7, 11) is 0. The molecule has 0 spiro atoms. The van der Waals surface area contributed by atoms with Gasteiger partial charge in [-0.15, -0.1) is 0 Å². The minimum atomic E-state index is -0.325. The van der Waals surface area contributed by atoms with Crippen LogP contribution in [0.15, 0.2) is 21.3 Å². The Labute approximate surface area is 111 Å². The molecule has 19 heavy (non-hydrogen) atoms. The maximum Gasteiger partial charge on any atom is 0.336 e. The van der Waals surface area contributed by atoms with Gasteiger partial charge in [0.25, 0.3) is 0 Å². The van der Waals surface area contributed by atoms with Crippen LogP contribution in [0.2, 0.25) is 0 Å². The van der Waals surface area contributed by atoms with Crippen molar-refractivity contribution >= 4 is 11.0 Å². The molecule has 0 saturated carbocycles. The van der Waals surface area contributed by atoms with Gasteiger partial charge in [-0.05, 0) is 25.5 Å². The zero-order valence-electron chi connectivity index (χ0n) is 11.3. The van der Waals surface area contributed by atoms with Crippen LogP contribution in [0.4, 0.5) is 0 Å². The third kappa shape index (κ3) is 1.67. The SMILES string of the molecule is Cc1cc(=O)oc2c(C)c3c(cc12)C(C)C(CN)O3. The molecule has 0 saturated heterocycles. The summed E-state index contributed by atoms with van der Waals surface area (Å²) in [6.07, 6.45) is -0.00228. The second-order valence-electron chi connectivity index (χ2n) is 5.23. The van der Waals surface area contributed by atoms with E-state index >= 15 is 0 Å². The van der Waals surface area contributed by atoms with E-state index in [1.165, 1.54) is 6.07 Å². The molecule has 4 heteroatoms. The summed E-state index contributed by atoms with van der Waals surface area (Å²) < 4.78 is 11.2. The van der Waals surface area contributed by atoms with Crippen molar-refractivity contribution in [2.75, 3.05) is 6.54 Å². The van der Waals surface area contributed by atoms with E-state index in [1.807, 2.05) is 13.8 Å². The lowest BCUT2D eigenvalue weighted by Crippen LogP contribution is -2.26.